The van der Waals surface area contributed by atoms with Crippen molar-refractivity contribution >= 4 is 23.7 Å². The van der Waals surface area contributed by atoms with Gasteiger partial charge in [-0.3, -0.25) is 14.4 Å². The van der Waals surface area contributed by atoms with Crippen LogP contribution in [-0.4, -0.2) is 48.2 Å². The van der Waals surface area contributed by atoms with Crippen LogP contribution >= 0.6 is 0 Å². The third-order valence-corrected chi connectivity index (χ3v) is 3.49. The SMILES string of the molecule is CCN(CCC=C=O)C(=O)CNC(=O)c1cccc(CNC(C)=O)c1. The van der Waals surface area contributed by atoms with Crippen molar-refractivity contribution in [3.63, 3.8) is 0 Å². The molecule has 0 fully saturated rings. The van der Waals surface area contributed by atoms with E-state index >= 15 is 0 Å². The maximum absolute atomic E-state index is 12.2. The summed E-state index contributed by atoms with van der Waals surface area (Å²) in [5.74, 6) is 0.945. The molecule has 0 aliphatic carbocycles. The van der Waals surface area contributed by atoms with Crippen LogP contribution in [0, 0.1) is 0 Å². The topological polar surface area (TPSA) is 95.6 Å². The second-order valence-electron chi connectivity index (χ2n) is 5.38. The Hall–Kier alpha value is -2.92. The summed E-state index contributed by atoms with van der Waals surface area (Å²) in [6.45, 7) is 4.37. The Morgan fingerprint density at radius 1 is 1.24 bits per heavy atom. The Kier molecular flexibility index (Phi) is 8.68. The standard InChI is InChI=1S/C18H23N3O4/c1-3-21(9-4-5-10-22)17(24)13-20-18(25)16-8-6-7-15(11-16)12-19-14(2)23/h5-8,11H,3-4,9,12-13H2,1-2H3,(H,19,23)(H,20,25). The maximum atomic E-state index is 12.2. The molecular weight excluding hydrogens is 322 g/mol. The van der Waals surface area contributed by atoms with Gasteiger partial charge in [-0.05, 0) is 31.0 Å². The van der Waals surface area contributed by atoms with E-state index in [-0.39, 0.29) is 24.3 Å². The molecule has 0 spiro atoms. The summed E-state index contributed by atoms with van der Waals surface area (Å²) >= 11 is 0. The molecule has 0 aromatic heterocycles. The van der Waals surface area contributed by atoms with Crippen molar-refractivity contribution in [2.45, 2.75) is 26.8 Å². The van der Waals surface area contributed by atoms with Gasteiger partial charge in [-0.15, -0.1) is 0 Å². The van der Waals surface area contributed by atoms with Crippen LogP contribution in [0.5, 0.6) is 0 Å². The van der Waals surface area contributed by atoms with E-state index in [0.717, 1.165) is 5.56 Å². The van der Waals surface area contributed by atoms with E-state index in [9.17, 15) is 19.2 Å². The number of benzene rings is 1. The van der Waals surface area contributed by atoms with Crippen LogP contribution in [0.3, 0.4) is 0 Å². The molecule has 0 radical (unpaired) electrons. The Balaban J connectivity index is 2.57. The van der Waals surface area contributed by atoms with Gasteiger partial charge in [0.1, 0.15) is 5.94 Å². The molecule has 1 aromatic rings. The zero-order valence-electron chi connectivity index (χ0n) is 14.5. The van der Waals surface area contributed by atoms with Crippen molar-refractivity contribution in [2.24, 2.45) is 0 Å². The van der Waals surface area contributed by atoms with Gasteiger partial charge in [-0.2, -0.15) is 0 Å². The average Bonchev–Trinajstić information content (AvgIpc) is 2.61. The molecule has 134 valence electrons. The molecule has 0 heterocycles. The zero-order valence-corrected chi connectivity index (χ0v) is 14.5. The van der Waals surface area contributed by atoms with Gasteiger partial charge in [0.2, 0.25) is 11.8 Å². The summed E-state index contributed by atoms with van der Waals surface area (Å²) in [5, 5.41) is 5.25. The highest BCUT2D eigenvalue weighted by atomic mass is 16.2. The molecule has 0 bridgehead atoms. The van der Waals surface area contributed by atoms with Crippen LogP contribution in [0.2, 0.25) is 0 Å². The first-order chi connectivity index (χ1) is 12.0. The summed E-state index contributed by atoms with van der Waals surface area (Å²) in [6.07, 6.45) is 1.76. The predicted octanol–water partition coefficient (Wildman–Crippen LogP) is 0.679. The van der Waals surface area contributed by atoms with E-state index in [2.05, 4.69) is 10.6 Å². The van der Waals surface area contributed by atoms with Gasteiger partial charge in [0.15, 0.2) is 0 Å². The molecule has 0 saturated heterocycles. The summed E-state index contributed by atoms with van der Waals surface area (Å²) in [4.78, 5) is 46.9. The fourth-order valence-electron chi connectivity index (χ4n) is 2.16. The smallest absolute Gasteiger partial charge is 0.251 e. The van der Waals surface area contributed by atoms with Gasteiger partial charge in [0.05, 0.1) is 6.54 Å². The predicted molar refractivity (Wildman–Crippen MR) is 93.4 cm³/mol. The maximum Gasteiger partial charge on any atom is 0.251 e. The first-order valence-electron chi connectivity index (χ1n) is 8.06. The number of carbonyl (C=O) groups is 3. The van der Waals surface area contributed by atoms with Gasteiger partial charge in [0, 0.05) is 38.2 Å². The first-order valence-corrected chi connectivity index (χ1v) is 8.06. The number of hydrogen-bond acceptors (Lipinski definition) is 4. The second-order valence-corrected chi connectivity index (χ2v) is 5.38. The van der Waals surface area contributed by atoms with Crippen molar-refractivity contribution in [1.82, 2.24) is 15.5 Å². The van der Waals surface area contributed by atoms with Gasteiger partial charge in [-0.1, -0.05) is 12.1 Å². The Morgan fingerprint density at radius 3 is 2.64 bits per heavy atom. The van der Waals surface area contributed by atoms with Crippen molar-refractivity contribution in [3.05, 3.63) is 41.5 Å². The highest BCUT2D eigenvalue weighted by Gasteiger charge is 2.13. The lowest BCUT2D eigenvalue weighted by Crippen LogP contribution is -2.40. The number of amides is 3. The highest BCUT2D eigenvalue weighted by Crippen LogP contribution is 2.05. The number of hydrogen-bond donors (Lipinski definition) is 2. The summed E-state index contributed by atoms with van der Waals surface area (Å²) < 4.78 is 0. The van der Waals surface area contributed by atoms with Gasteiger partial charge in [-0.25, -0.2) is 4.79 Å². The monoisotopic (exact) mass is 345 g/mol. The number of likely N-dealkylation sites (N-methyl/N-ethyl adjacent to an activating group) is 1. The van der Waals surface area contributed by atoms with Crippen molar-refractivity contribution in [1.29, 1.82) is 0 Å². The van der Waals surface area contributed by atoms with Crippen molar-refractivity contribution in [3.8, 4) is 0 Å². The lowest BCUT2D eigenvalue weighted by Gasteiger charge is -2.20. The van der Waals surface area contributed by atoms with Crippen molar-refractivity contribution in [2.75, 3.05) is 19.6 Å². The van der Waals surface area contributed by atoms with Gasteiger partial charge in [0.25, 0.3) is 5.91 Å². The van der Waals surface area contributed by atoms with Crippen LogP contribution in [0.25, 0.3) is 0 Å². The molecule has 7 heteroatoms. The summed E-state index contributed by atoms with van der Waals surface area (Å²) in [5.41, 5.74) is 1.22. The van der Waals surface area contributed by atoms with Gasteiger partial charge < -0.3 is 15.5 Å². The minimum Gasteiger partial charge on any atom is -0.352 e. The molecule has 0 aliphatic rings. The van der Waals surface area contributed by atoms with Gasteiger partial charge >= 0.3 is 0 Å². The van der Waals surface area contributed by atoms with E-state index < -0.39 is 0 Å². The number of nitrogens with zero attached hydrogens (tertiary/aromatic N) is 1. The quantitative estimate of drug-likeness (QED) is 0.643. The fourth-order valence-corrected chi connectivity index (χ4v) is 2.16. The molecular formula is C18H23N3O4. The largest absolute Gasteiger partial charge is 0.352 e. The molecule has 0 saturated carbocycles. The molecule has 2 N–H and O–H groups in total. The van der Waals surface area contributed by atoms with Crippen LogP contribution < -0.4 is 10.6 Å². The second kappa shape index (κ2) is 10.8. The molecule has 25 heavy (non-hydrogen) atoms. The number of nitrogens with one attached hydrogen (secondary N) is 2. The molecule has 0 atom stereocenters. The molecule has 1 rings (SSSR count). The van der Waals surface area contributed by atoms with E-state index in [0.29, 0.717) is 31.6 Å². The lowest BCUT2D eigenvalue weighted by atomic mass is 10.1. The van der Waals surface area contributed by atoms with Crippen LogP contribution in [-0.2, 0) is 20.9 Å². The molecule has 1 aromatic carbocycles. The summed E-state index contributed by atoms with van der Waals surface area (Å²) in [6, 6.07) is 6.83. The Bertz CT molecular complexity index is 666. The summed E-state index contributed by atoms with van der Waals surface area (Å²) in [7, 11) is 0. The average molecular weight is 345 g/mol. The van der Waals surface area contributed by atoms with Crippen molar-refractivity contribution < 1.29 is 19.2 Å². The van der Waals surface area contributed by atoms with E-state index in [4.69, 9.17) is 0 Å². The van der Waals surface area contributed by atoms with E-state index in [1.807, 2.05) is 6.92 Å². The van der Waals surface area contributed by atoms with Crippen LogP contribution in [0.1, 0.15) is 36.2 Å². The number of rotatable bonds is 9. The lowest BCUT2D eigenvalue weighted by molar-refractivity contribution is -0.129. The van der Waals surface area contributed by atoms with E-state index in [1.165, 1.54) is 13.0 Å². The Labute approximate surface area is 147 Å². The minimum atomic E-state index is -0.359. The minimum absolute atomic E-state index is 0.118. The Morgan fingerprint density at radius 2 is 2.00 bits per heavy atom. The molecule has 0 unspecified atom stereocenters. The van der Waals surface area contributed by atoms with E-state index in [1.54, 1.807) is 35.1 Å². The van der Waals surface area contributed by atoms with Crippen LogP contribution in [0.4, 0.5) is 0 Å². The fraction of sp³-hybridized carbons (Fsp3) is 0.389. The normalized spacial score (nSPS) is 9.68. The molecule has 0 aliphatic heterocycles. The first kappa shape index (κ1) is 20.1. The third-order valence-electron chi connectivity index (χ3n) is 3.49. The molecule has 3 amide bonds. The highest BCUT2D eigenvalue weighted by molar-refractivity contribution is 5.96. The zero-order chi connectivity index (χ0) is 18.7. The third kappa shape index (κ3) is 7.46. The molecule has 7 nitrogen and oxygen atoms in total. The van der Waals surface area contributed by atoms with Crippen LogP contribution in [0.15, 0.2) is 30.3 Å². The number of carbonyl (C=O) groups excluding carboxylic acids is 4.